The van der Waals surface area contributed by atoms with E-state index in [4.69, 9.17) is 4.74 Å². The second-order valence-corrected chi connectivity index (χ2v) is 6.19. The van der Waals surface area contributed by atoms with Gasteiger partial charge < -0.3 is 14.5 Å². The Bertz CT molecular complexity index is 492. The van der Waals surface area contributed by atoms with E-state index < -0.39 is 0 Å². The van der Waals surface area contributed by atoms with Crippen molar-refractivity contribution in [1.82, 2.24) is 4.90 Å². The van der Waals surface area contributed by atoms with Crippen LogP contribution in [0.25, 0.3) is 0 Å². The van der Waals surface area contributed by atoms with Crippen molar-refractivity contribution in [1.29, 1.82) is 0 Å². The van der Waals surface area contributed by atoms with E-state index in [1.165, 1.54) is 17.7 Å². The normalized spacial score (nSPS) is 15.2. The molecular formula is C17H26N2O2. The number of carbonyl (C=O) groups excluding carboxylic acids is 1. The number of carbonyl (C=O) groups is 1. The van der Waals surface area contributed by atoms with E-state index in [0.29, 0.717) is 11.7 Å². The third-order valence-electron chi connectivity index (χ3n) is 3.92. The topological polar surface area (TPSA) is 32.8 Å². The van der Waals surface area contributed by atoms with Gasteiger partial charge in [-0.1, -0.05) is 13.8 Å². The van der Waals surface area contributed by atoms with Crippen molar-refractivity contribution in [3.05, 3.63) is 23.8 Å². The van der Waals surface area contributed by atoms with E-state index in [0.717, 1.165) is 25.9 Å². The molecule has 0 spiro atoms. The Morgan fingerprint density at radius 1 is 1.19 bits per heavy atom. The van der Waals surface area contributed by atoms with Crippen LogP contribution in [-0.4, -0.2) is 38.2 Å². The van der Waals surface area contributed by atoms with Gasteiger partial charge in [0.2, 0.25) is 0 Å². The van der Waals surface area contributed by atoms with E-state index in [9.17, 15) is 4.79 Å². The average Bonchev–Trinajstić information content (AvgIpc) is 2.47. The molecule has 0 aromatic heterocycles. The number of likely N-dealkylation sites (tertiary alicyclic amines) is 1. The first kappa shape index (κ1) is 15.7. The number of nitrogens with zero attached hydrogens (tertiary/aromatic N) is 2. The summed E-state index contributed by atoms with van der Waals surface area (Å²) < 4.78 is 5.55. The Labute approximate surface area is 127 Å². The summed E-state index contributed by atoms with van der Waals surface area (Å²) in [7, 11) is 4.06. The van der Waals surface area contributed by atoms with Crippen molar-refractivity contribution < 1.29 is 9.53 Å². The summed E-state index contributed by atoms with van der Waals surface area (Å²) >= 11 is 0. The molecule has 2 rings (SSSR count). The first-order chi connectivity index (χ1) is 9.99. The lowest BCUT2D eigenvalue weighted by Crippen LogP contribution is -2.37. The number of rotatable bonds is 3. The Balaban J connectivity index is 2.13. The van der Waals surface area contributed by atoms with Gasteiger partial charge in [-0.15, -0.1) is 0 Å². The molecule has 4 nitrogen and oxygen atoms in total. The lowest BCUT2D eigenvalue weighted by molar-refractivity contribution is 0.142. The second-order valence-electron chi connectivity index (χ2n) is 6.19. The molecule has 1 aromatic carbocycles. The molecule has 0 unspecified atom stereocenters. The number of hydrogen-bond donors (Lipinski definition) is 0. The number of piperidine rings is 1. The molecule has 0 N–H and O–H groups in total. The van der Waals surface area contributed by atoms with Crippen LogP contribution in [0.3, 0.4) is 0 Å². The van der Waals surface area contributed by atoms with Crippen LogP contribution < -0.4 is 9.64 Å². The van der Waals surface area contributed by atoms with E-state index in [2.05, 4.69) is 18.7 Å². The quantitative estimate of drug-likeness (QED) is 0.847. The summed E-state index contributed by atoms with van der Waals surface area (Å²) in [6, 6.07) is 5.89. The Morgan fingerprint density at radius 2 is 1.86 bits per heavy atom. The number of ether oxygens (including phenoxy) is 1. The Kier molecular flexibility index (Phi) is 5.10. The fourth-order valence-electron chi connectivity index (χ4n) is 2.71. The molecule has 0 aliphatic carbocycles. The summed E-state index contributed by atoms with van der Waals surface area (Å²) in [5, 5.41) is 0. The zero-order chi connectivity index (χ0) is 15.4. The molecule has 0 atom stereocenters. The third-order valence-corrected chi connectivity index (χ3v) is 3.92. The van der Waals surface area contributed by atoms with Crippen LogP contribution in [0.5, 0.6) is 5.75 Å². The van der Waals surface area contributed by atoms with Crippen molar-refractivity contribution in [2.75, 3.05) is 32.1 Å². The van der Waals surface area contributed by atoms with Gasteiger partial charge in [-0.25, -0.2) is 4.79 Å². The largest absolute Gasteiger partial charge is 0.415 e. The summed E-state index contributed by atoms with van der Waals surface area (Å²) in [6.07, 6.45) is 3.14. The van der Waals surface area contributed by atoms with Crippen molar-refractivity contribution in [2.24, 2.45) is 0 Å². The highest BCUT2D eigenvalue weighted by Crippen LogP contribution is 2.30. The molecule has 4 heteroatoms. The van der Waals surface area contributed by atoms with Crippen LogP contribution in [0.4, 0.5) is 10.5 Å². The summed E-state index contributed by atoms with van der Waals surface area (Å²) in [6.45, 7) is 5.93. The van der Waals surface area contributed by atoms with Gasteiger partial charge in [0.25, 0.3) is 0 Å². The van der Waals surface area contributed by atoms with Gasteiger partial charge in [-0.2, -0.15) is 0 Å². The Morgan fingerprint density at radius 3 is 2.43 bits per heavy atom. The lowest BCUT2D eigenvalue weighted by Gasteiger charge is -2.26. The van der Waals surface area contributed by atoms with Gasteiger partial charge in [-0.3, -0.25) is 0 Å². The molecule has 0 radical (unpaired) electrons. The summed E-state index contributed by atoms with van der Waals surface area (Å²) in [4.78, 5) is 16.1. The van der Waals surface area contributed by atoms with Crippen molar-refractivity contribution in [2.45, 2.75) is 39.0 Å². The monoisotopic (exact) mass is 290 g/mol. The number of benzene rings is 1. The van der Waals surface area contributed by atoms with Crippen LogP contribution in [-0.2, 0) is 0 Å². The molecule has 1 fully saturated rings. The minimum atomic E-state index is -0.220. The highest BCUT2D eigenvalue weighted by Gasteiger charge is 2.19. The number of hydrogen-bond acceptors (Lipinski definition) is 3. The first-order valence-electron chi connectivity index (χ1n) is 7.77. The van der Waals surface area contributed by atoms with E-state index in [1.807, 2.05) is 32.3 Å². The van der Waals surface area contributed by atoms with Gasteiger partial charge in [0.1, 0.15) is 5.75 Å². The molecule has 116 valence electrons. The summed E-state index contributed by atoms with van der Waals surface area (Å²) in [5.74, 6) is 1.02. The lowest BCUT2D eigenvalue weighted by atomic mass is 10.0. The summed E-state index contributed by atoms with van der Waals surface area (Å²) in [5.41, 5.74) is 2.37. The maximum Gasteiger partial charge on any atom is 0.415 e. The average molecular weight is 290 g/mol. The fourth-order valence-corrected chi connectivity index (χ4v) is 2.71. The highest BCUT2D eigenvalue weighted by atomic mass is 16.6. The van der Waals surface area contributed by atoms with Crippen LogP contribution in [0.1, 0.15) is 44.6 Å². The Hall–Kier alpha value is -1.71. The van der Waals surface area contributed by atoms with E-state index in [1.54, 1.807) is 4.90 Å². The van der Waals surface area contributed by atoms with Crippen LogP contribution in [0.2, 0.25) is 0 Å². The molecular weight excluding hydrogens is 264 g/mol. The molecule has 1 heterocycles. The van der Waals surface area contributed by atoms with E-state index >= 15 is 0 Å². The third kappa shape index (κ3) is 3.90. The van der Waals surface area contributed by atoms with Crippen LogP contribution in [0, 0.1) is 0 Å². The highest BCUT2D eigenvalue weighted by molar-refractivity contribution is 5.71. The number of amides is 1. The minimum absolute atomic E-state index is 0.220. The molecule has 1 amide bonds. The van der Waals surface area contributed by atoms with Gasteiger partial charge in [-0.05, 0) is 48.9 Å². The standard InChI is InChI=1S/C17H26N2O2/c1-13(2)15-12-14(8-9-16(15)18(3)4)21-17(20)19-10-6-5-7-11-19/h8-9,12-13H,5-7,10-11H2,1-4H3. The van der Waals surface area contributed by atoms with Gasteiger partial charge in [0.15, 0.2) is 0 Å². The van der Waals surface area contributed by atoms with Crippen molar-refractivity contribution in [3.8, 4) is 5.75 Å². The predicted molar refractivity (Wildman–Crippen MR) is 86.3 cm³/mol. The maximum atomic E-state index is 12.2. The SMILES string of the molecule is CC(C)c1cc(OC(=O)N2CCCCC2)ccc1N(C)C. The predicted octanol–water partition coefficient (Wildman–Crippen LogP) is 3.86. The fraction of sp³-hybridized carbons (Fsp3) is 0.588. The van der Waals surface area contributed by atoms with Crippen molar-refractivity contribution >= 4 is 11.8 Å². The minimum Gasteiger partial charge on any atom is -0.410 e. The molecule has 1 aliphatic rings. The zero-order valence-electron chi connectivity index (χ0n) is 13.6. The molecule has 1 aromatic rings. The van der Waals surface area contributed by atoms with E-state index in [-0.39, 0.29) is 6.09 Å². The molecule has 0 saturated carbocycles. The van der Waals surface area contributed by atoms with Gasteiger partial charge in [0.05, 0.1) is 0 Å². The molecule has 0 bridgehead atoms. The van der Waals surface area contributed by atoms with Crippen molar-refractivity contribution in [3.63, 3.8) is 0 Å². The molecule has 1 aliphatic heterocycles. The smallest absolute Gasteiger partial charge is 0.410 e. The first-order valence-corrected chi connectivity index (χ1v) is 7.77. The molecule has 21 heavy (non-hydrogen) atoms. The second kappa shape index (κ2) is 6.83. The van der Waals surface area contributed by atoms with Crippen LogP contribution in [0.15, 0.2) is 18.2 Å². The van der Waals surface area contributed by atoms with Gasteiger partial charge in [0, 0.05) is 32.9 Å². The maximum absolute atomic E-state index is 12.2. The van der Waals surface area contributed by atoms with Crippen LogP contribution >= 0.6 is 0 Å². The molecule has 1 saturated heterocycles. The number of anilines is 1. The zero-order valence-corrected chi connectivity index (χ0v) is 13.6. The van der Waals surface area contributed by atoms with Gasteiger partial charge >= 0.3 is 6.09 Å².